The van der Waals surface area contributed by atoms with E-state index >= 15 is 0 Å². The van der Waals surface area contributed by atoms with Gasteiger partial charge in [-0.3, -0.25) is 9.98 Å². The molecule has 0 aliphatic carbocycles. The molecule has 0 bridgehead atoms. The van der Waals surface area contributed by atoms with Gasteiger partial charge in [0.2, 0.25) is 0 Å². The lowest BCUT2D eigenvalue weighted by molar-refractivity contribution is 0.690. The van der Waals surface area contributed by atoms with Crippen LogP contribution in [-0.2, 0) is 13.0 Å². The quantitative estimate of drug-likeness (QED) is 0.298. The predicted octanol–water partition coefficient (Wildman–Crippen LogP) is 3.15. The van der Waals surface area contributed by atoms with Gasteiger partial charge in [0.1, 0.15) is 0 Å². The average molecular weight is 445 g/mol. The van der Waals surface area contributed by atoms with E-state index in [1.165, 1.54) is 5.01 Å². The van der Waals surface area contributed by atoms with Crippen LogP contribution in [0.15, 0.2) is 34.8 Å². The molecular weight excluding hydrogens is 421 g/mol. The van der Waals surface area contributed by atoms with Crippen LogP contribution in [0, 0.1) is 6.92 Å². The second-order valence-corrected chi connectivity index (χ2v) is 5.96. The fourth-order valence-corrected chi connectivity index (χ4v) is 2.84. The molecule has 0 aliphatic heterocycles. The highest BCUT2D eigenvalue weighted by molar-refractivity contribution is 14.0. The number of unbranched alkanes of at least 4 members (excludes halogenated alkanes) is 1. The van der Waals surface area contributed by atoms with Gasteiger partial charge in [0.05, 0.1) is 17.2 Å². The highest BCUT2D eigenvalue weighted by Gasteiger charge is 2.00. The highest BCUT2D eigenvalue weighted by Crippen LogP contribution is 2.11. The molecule has 0 amide bonds. The third kappa shape index (κ3) is 7.74. The van der Waals surface area contributed by atoms with Crippen molar-refractivity contribution in [1.82, 2.24) is 20.6 Å². The maximum atomic E-state index is 4.48. The van der Waals surface area contributed by atoms with Crippen LogP contribution < -0.4 is 10.6 Å². The molecule has 0 aliphatic rings. The lowest BCUT2D eigenvalue weighted by Crippen LogP contribution is -2.37. The number of halogens is 1. The molecule has 2 rings (SSSR count). The van der Waals surface area contributed by atoms with Crippen LogP contribution in [0.25, 0.3) is 0 Å². The molecule has 0 aromatic carbocycles. The standard InChI is InChI=1S/C16H23N5S.HI/c1-13-12-22-15(21-13)8-4-6-10-19-16(17-2)20-11-14-7-3-5-9-18-14;/h3,5,7,9,12H,4,6,8,10-11H2,1-2H3,(H2,17,19,20);1H. The second kappa shape index (κ2) is 11.3. The lowest BCUT2D eigenvalue weighted by atomic mass is 10.2. The van der Waals surface area contributed by atoms with Gasteiger partial charge in [0.25, 0.3) is 0 Å². The molecular formula is C16H24IN5S. The lowest BCUT2D eigenvalue weighted by Gasteiger charge is -2.11. The summed E-state index contributed by atoms with van der Waals surface area (Å²) in [6, 6.07) is 5.90. The fourth-order valence-electron chi connectivity index (χ4n) is 2.02. The monoisotopic (exact) mass is 445 g/mol. The molecule has 2 aromatic rings. The number of hydrogen-bond donors (Lipinski definition) is 2. The zero-order chi connectivity index (χ0) is 15.6. The first-order valence-corrected chi connectivity index (χ1v) is 8.41. The van der Waals surface area contributed by atoms with E-state index in [1.807, 2.05) is 25.1 Å². The van der Waals surface area contributed by atoms with Gasteiger partial charge < -0.3 is 10.6 Å². The van der Waals surface area contributed by atoms with Crippen LogP contribution in [0.4, 0.5) is 0 Å². The van der Waals surface area contributed by atoms with Gasteiger partial charge in [-0.2, -0.15) is 0 Å². The van der Waals surface area contributed by atoms with Crippen molar-refractivity contribution in [3.63, 3.8) is 0 Å². The zero-order valence-electron chi connectivity index (χ0n) is 13.6. The molecule has 0 spiro atoms. The average Bonchev–Trinajstić information content (AvgIpc) is 2.96. The minimum absolute atomic E-state index is 0. The molecule has 126 valence electrons. The summed E-state index contributed by atoms with van der Waals surface area (Å²) in [5, 5.41) is 9.93. The minimum Gasteiger partial charge on any atom is -0.356 e. The number of pyridine rings is 1. The summed E-state index contributed by atoms with van der Waals surface area (Å²) in [6.07, 6.45) is 5.09. The number of aromatic nitrogens is 2. The van der Waals surface area contributed by atoms with Crippen molar-refractivity contribution in [1.29, 1.82) is 0 Å². The Bertz CT molecular complexity index is 585. The number of aliphatic imine (C=N–C) groups is 1. The van der Waals surface area contributed by atoms with Gasteiger partial charge in [0.15, 0.2) is 5.96 Å². The number of nitrogens with zero attached hydrogens (tertiary/aromatic N) is 3. The third-order valence-electron chi connectivity index (χ3n) is 3.16. The van der Waals surface area contributed by atoms with Crippen molar-refractivity contribution in [2.24, 2.45) is 4.99 Å². The van der Waals surface area contributed by atoms with Gasteiger partial charge in [-0.25, -0.2) is 4.98 Å². The van der Waals surface area contributed by atoms with Crippen molar-refractivity contribution in [2.45, 2.75) is 32.7 Å². The van der Waals surface area contributed by atoms with Crippen LogP contribution in [0.1, 0.15) is 29.2 Å². The van der Waals surface area contributed by atoms with Crippen molar-refractivity contribution in [3.05, 3.63) is 46.2 Å². The summed E-state index contributed by atoms with van der Waals surface area (Å²) < 4.78 is 0. The molecule has 0 saturated heterocycles. The SMILES string of the molecule is CN=C(NCCCCc1nc(C)cs1)NCc1ccccn1.I. The van der Waals surface area contributed by atoms with Crippen molar-refractivity contribution in [2.75, 3.05) is 13.6 Å². The molecule has 5 nitrogen and oxygen atoms in total. The normalized spacial score (nSPS) is 11.0. The zero-order valence-corrected chi connectivity index (χ0v) is 16.7. The van der Waals surface area contributed by atoms with E-state index in [0.717, 1.165) is 43.2 Å². The van der Waals surface area contributed by atoms with Crippen molar-refractivity contribution >= 4 is 41.3 Å². The van der Waals surface area contributed by atoms with E-state index < -0.39 is 0 Å². The number of aryl methyl sites for hydroxylation is 2. The number of hydrogen-bond acceptors (Lipinski definition) is 4. The highest BCUT2D eigenvalue weighted by atomic mass is 127. The largest absolute Gasteiger partial charge is 0.356 e. The Kier molecular flexibility index (Phi) is 9.77. The molecule has 0 unspecified atom stereocenters. The summed E-state index contributed by atoms with van der Waals surface area (Å²) in [6.45, 7) is 3.63. The van der Waals surface area contributed by atoms with Gasteiger partial charge in [-0.1, -0.05) is 6.07 Å². The fraction of sp³-hybridized carbons (Fsp3) is 0.438. The molecule has 0 atom stereocenters. The van der Waals surface area contributed by atoms with Crippen molar-refractivity contribution < 1.29 is 0 Å². The molecule has 0 saturated carbocycles. The van der Waals surface area contributed by atoms with E-state index in [9.17, 15) is 0 Å². The Balaban J connectivity index is 0.00000264. The molecule has 2 aromatic heterocycles. The van der Waals surface area contributed by atoms with Crippen molar-refractivity contribution in [3.8, 4) is 0 Å². The van der Waals surface area contributed by atoms with Crippen LogP contribution in [-0.4, -0.2) is 29.5 Å². The maximum absolute atomic E-state index is 4.48. The topological polar surface area (TPSA) is 62.2 Å². The van der Waals surface area contributed by atoms with Gasteiger partial charge in [-0.15, -0.1) is 35.3 Å². The molecule has 0 radical (unpaired) electrons. The Morgan fingerprint density at radius 2 is 2.13 bits per heavy atom. The number of thiazole rings is 1. The summed E-state index contributed by atoms with van der Waals surface area (Å²) >= 11 is 1.75. The molecule has 23 heavy (non-hydrogen) atoms. The van der Waals surface area contributed by atoms with Crippen LogP contribution in [0.5, 0.6) is 0 Å². The van der Waals surface area contributed by atoms with Gasteiger partial charge in [0, 0.05) is 30.9 Å². The van der Waals surface area contributed by atoms with E-state index in [1.54, 1.807) is 24.6 Å². The van der Waals surface area contributed by atoms with E-state index in [2.05, 4.69) is 31.0 Å². The van der Waals surface area contributed by atoms with E-state index in [4.69, 9.17) is 0 Å². The molecule has 2 heterocycles. The minimum atomic E-state index is 0. The predicted molar refractivity (Wildman–Crippen MR) is 108 cm³/mol. The van der Waals surface area contributed by atoms with Crippen LogP contribution >= 0.6 is 35.3 Å². The summed E-state index contributed by atoms with van der Waals surface area (Å²) in [7, 11) is 1.78. The Morgan fingerprint density at radius 3 is 2.78 bits per heavy atom. The Labute approximate surface area is 159 Å². The maximum Gasteiger partial charge on any atom is 0.191 e. The van der Waals surface area contributed by atoms with E-state index in [-0.39, 0.29) is 24.0 Å². The molecule has 2 N–H and O–H groups in total. The second-order valence-electron chi connectivity index (χ2n) is 5.01. The number of rotatable bonds is 7. The first-order valence-electron chi connectivity index (χ1n) is 7.53. The number of guanidine groups is 1. The summed E-state index contributed by atoms with van der Waals surface area (Å²) in [4.78, 5) is 13.0. The first-order chi connectivity index (χ1) is 10.8. The van der Waals surface area contributed by atoms with Gasteiger partial charge in [-0.05, 0) is 38.3 Å². The summed E-state index contributed by atoms with van der Waals surface area (Å²) in [5.41, 5.74) is 2.13. The Hall–Kier alpha value is -1.22. The molecule has 0 fully saturated rings. The first kappa shape index (κ1) is 19.8. The number of nitrogens with one attached hydrogen (secondary N) is 2. The molecule has 7 heteroatoms. The van der Waals surface area contributed by atoms with E-state index in [0.29, 0.717) is 6.54 Å². The van der Waals surface area contributed by atoms with Crippen LogP contribution in [0.2, 0.25) is 0 Å². The Morgan fingerprint density at radius 1 is 1.26 bits per heavy atom. The third-order valence-corrected chi connectivity index (χ3v) is 4.19. The smallest absolute Gasteiger partial charge is 0.191 e. The van der Waals surface area contributed by atoms with Crippen LogP contribution in [0.3, 0.4) is 0 Å². The van der Waals surface area contributed by atoms with Gasteiger partial charge >= 0.3 is 0 Å². The summed E-state index contributed by atoms with van der Waals surface area (Å²) in [5.74, 6) is 0.816.